The van der Waals surface area contributed by atoms with E-state index in [-0.39, 0.29) is 87.8 Å². The number of ether oxygens (including phenoxy) is 1. The van der Waals surface area contributed by atoms with Crippen LogP contribution in [0.2, 0.25) is 0 Å². The molecule has 0 spiro atoms. The van der Waals surface area contributed by atoms with E-state index in [1.54, 1.807) is 0 Å². The fourth-order valence-corrected chi connectivity index (χ4v) is 2.39. The average Bonchev–Trinajstić information content (AvgIpc) is 2.58. The van der Waals surface area contributed by atoms with Crippen molar-refractivity contribution < 1.29 is 92.5 Å². The Morgan fingerprint density at radius 3 is 2.04 bits per heavy atom. The van der Waals surface area contributed by atoms with E-state index in [0.717, 1.165) is 6.07 Å². The van der Waals surface area contributed by atoms with Gasteiger partial charge in [0.1, 0.15) is 40.7 Å². The summed E-state index contributed by atoms with van der Waals surface area (Å²) in [5.74, 6) is -5.18. The van der Waals surface area contributed by atoms with Gasteiger partial charge in [0, 0.05) is 18.2 Å². The molecule has 1 aromatic carbocycles. The topological polar surface area (TPSA) is 150 Å². The van der Waals surface area contributed by atoms with Gasteiger partial charge in [-0.1, -0.05) is 12.7 Å². The van der Waals surface area contributed by atoms with Gasteiger partial charge >= 0.3 is 59.1 Å². The van der Waals surface area contributed by atoms with Crippen LogP contribution in [0.15, 0.2) is 49.3 Å². The maximum absolute atomic E-state index is 12.3. The van der Waals surface area contributed by atoms with Gasteiger partial charge in [-0.05, 0) is 0 Å². The summed E-state index contributed by atoms with van der Waals surface area (Å²) in [5, 5.41) is 21.5. The van der Waals surface area contributed by atoms with Crippen molar-refractivity contribution in [3.63, 3.8) is 0 Å². The van der Waals surface area contributed by atoms with Crippen LogP contribution in [0.4, 0.5) is 0 Å². The summed E-state index contributed by atoms with van der Waals surface area (Å²) in [4.78, 5) is 46.6. The van der Waals surface area contributed by atoms with Crippen LogP contribution in [0, 0.1) is 0 Å². The first-order chi connectivity index (χ1) is 12.3. The van der Waals surface area contributed by atoms with E-state index in [4.69, 9.17) is 13.6 Å². The summed E-state index contributed by atoms with van der Waals surface area (Å²) in [6, 6.07) is 2.44. The van der Waals surface area contributed by atoms with E-state index >= 15 is 0 Å². The number of carbonyl (C=O) groups excluding carboxylic acids is 2. The molecule has 0 radical (unpaired) electrons. The van der Waals surface area contributed by atoms with Crippen molar-refractivity contribution in [3.8, 4) is 5.75 Å². The zero-order chi connectivity index (χ0) is 19.0. The minimum Gasteiger partial charge on any atom is -0.542 e. The van der Waals surface area contributed by atoms with E-state index in [2.05, 4.69) is 6.58 Å². The molecule has 0 unspecified atom stereocenters. The molecule has 132 valence electrons. The molecule has 0 aliphatic carbocycles. The molecule has 0 N–H and O–H groups in total. The monoisotopic (exact) mass is 402 g/mol. The number of carboxylic acid groups (broad SMARTS) is 2. The molecule has 3 rings (SSSR count). The van der Waals surface area contributed by atoms with Crippen molar-refractivity contribution in [2.45, 2.75) is 0 Å². The van der Waals surface area contributed by atoms with Gasteiger partial charge in [0.05, 0.1) is 0 Å². The smallest absolute Gasteiger partial charge is 0.542 e. The molecule has 0 aliphatic heterocycles. The minimum atomic E-state index is -1.77. The maximum atomic E-state index is 12.3. The van der Waals surface area contributed by atoms with E-state index in [1.807, 2.05) is 0 Å². The zero-order valence-corrected chi connectivity index (χ0v) is 18.9. The molecule has 3 aromatic rings. The quantitative estimate of drug-likeness (QED) is 0.230. The van der Waals surface area contributed by atoms with Crippen molar-refractivity contribution >= 4 is 33.9 Å². The van der Waals surface area contributed by atoms with Crippen molar-refractivity contribution in [2.24, 2.45) is 0 Å². The Balaban J connectivity index is 0.00000196. The van der Waals surface area contributed by atoms with Crippen LogP contribution in [-0.4, -0.2) is 18.5 Å². The Labute approximate surface area is 200 Å². The van der Waals surface area contributed by atoms with E-state index < -0.39 is 39.9 Å². The second-order valence-corrected chi connectivity index (χ2v) is 5.08. The summed E-state index contributed by atoms with van der Waals surface area (Å²) in [6.07, 6.45) is 1.38. The molecule has 2 heterocycles. The summed E-state index contributed by atoms with van der Waals surface area (Å²) < 4.78 is 15.5. The average molecular weight is 402 g/mol. The summed E-state index contributed by atoms with van der Waals surface area (Å²) in [7, 11) is 0. The Morgan fingerprint density at radius 1 is 0.964 bits per heavy atom. The zero-order valence-electron chi connectivity index (χ0n) is 14.9. The second-order valence-electron chi connectivity index (χ2n) is 5.08. The Hall–Kier alpha value is -1.88. The number of carbonyl (C=O) groups is 2. The molecular weight excluding hydrogens is 394 g/mol. The minimum absolute atomic E-state index is 0. The SMILES string of the molecule is C=CCOc1cc2oc(C(=O)[O-])cc(=O)c2c2oc(C(=O)[O-])cc(=O)c12.[Na+].[Na+]. The number of fused-ring (bicyclic) bond motifs is 3. The molecule has 0 amide bonds. The van der Waals surface area contributed by atoms with Crippen LogP contribution < -0.4 is 84.9 Å². The molecular formula is C17H8Na2O9. The van der Waals surface area contributed by atoms with Crippen molar-refractivity contribution in [2.75, 3.05) is 6.61 Å². The van der Waals surface area contributed by atoms with Gasteiger partial charge < -0.3 is 33.4 Å². The maximum Gasteiger partial charge on any atom is 1.00 e. The van der Waals surface area contributed by atoms with E-state index in [9.17, 15) is 29.4 Å². The fourth-order valence-electron chi connectivity index (χ4n) is 2.39. The van der Waals surface area contributed by atoms with Gasteiger partial charge in [0.15, 0.2) is 28.0 Å². The Morgan fingerprint density at radius 2 is 1.50 bits per heavy atom. The second kappa shape index (κ2) is 9.55. The van der Waals surface area contributed by atoms with Gasteiger partial charge in [-0.3, -0.25) is 9.59 Å². The van der Waals surface area contributed by atoms with Gasteiger partial charge in [0.2, 0.25) is 0 Å². The molecule has 0 saturated heterocycles. The van der Waals surface area contributed by atoms with Gasteiger partial charge in [-0.25, -0.2) is 0 Å². The van der Waals surface area contributed by atoms with E-state index in [0.29, 0.717) is 12.1 Å². The normalized spacial score (nSPS) is 10.0. The fraction of sp³-hybridized carbons (Fsp3) is 0.0588. The number of benzene rings is 1. The third-order valence-electron chi connectivity index (χ3n) is 3.42. The van der Waals surface area contributed by atoms with Crippen molar-refractivity contribution in [3.05, 3.63) is 62.8 Å². The molecule has 0 atom stereocenters. The van der Waals surface area contributed by atoms with Crippen LogP contribution in [0.3, 0.4) is 0 Å². The number of hydrogen-bond acceptors (Lipinski definition) is 9. The molecule has 0 saturated carbocycles. The first-order valence-corrected chi connectivity index (χ1v) is 7.08. The molecule has 11 heteroatoms. The van der Waals surface area contributed by atoms with Gasteiger partial charge in [-0.15, -0.1) is 0 Å². The summed E-state index contributed by atoms with van der Waals surface area (Å²) in [6.45, 7) is 3.42. The number of carboxylic acids is 2. The number of hydrogen-bond donors (Lipinski definition) is 0. The van der Waals surface area contributed by atoms with Crippen molar-refractivity contribution in [1.29, 1.82) is 0 Å². The predicted octanol–water partition coefficient (Wildman–Crippen LogP) is -6.80. The molecule has 2 aromatic heterocycles. The van der Waals surface area contributed by atoms with Crippen LogP contribution in [-0.2, 0) is 0 Å². The first-order valence-electron chi connectivity index (χ1n) is 7.08. The largest absolute Gasteiger partial charge is 1.00 e. The summed E-state index contributed by atoms with van der Waals surface area (Å²) in [5.41, 5.74) is -2.38. The third-order valence-corrected chi connectivity index (χ3v) is 3.42. The van der Waals surface area contributed by atoms with Gasteiger partial charge in [0.25, 0.3) is 0 Å². The van der Waals surface area contributed by atoms with Gasteiger partial charge in [-0.2, -0.15) is 0 Å². The van der Waals surface area contributed by atoms with E-state index in [1.165, 1.54) is 6.08 Å². The summed E-state index contributed by atoms with van der Waals surface area (Å²) >= 11 is 0. The standard InChI is InChI=1S/C17H10O9.2Na/c1-2-3-24-9-6-10-14(8(19)4-11(25-10)16(20)21)15-13(9)7(18)5-12(26-15)17(22)23;;/h2,4-6H,1,3H2,(H,20,21)(H,22,23);;/q;2*+1/p-2. The molecule has 0 fully saturated rings. The van der Waals surface area contributed by atoms with Crippen LogP contribution in [0.5, 0.6) is 5.75 Å². The predicted molar refractivity (Wildman–Crippen MR) is 82.9 cm³/mol. The van der Waals surface area contributed by atoms with Crippen LogP contribution in [0.1, 0.15) is 21.1 Å². The molecule has 0 aliphatic rings. The number of rotatable bonds is 5. The van der Waals surface area contributed by atoms with Crippen molar-refractivity contribution in [1.82, 2.24) is 0 Å². The third kappa shape index (κ3) is 4.40. The molecule has 0 bridgehead atoms. The van der Waals surface area contributed by atoms with Crippen LogP contribution in [0.25, 0.3) is 21.9 Å². The Kier molecular flexibility index (Phi) is 8.24. The number of aromatic carboxylic acids is 2. The molecule has 9 nitrogen and oxygen atoms in total. The first kappa shape index (κ1) is 24.2. The van der Waals surface area contributed by atoms with Crippen LogP contribution >= 0.6 is 0 Å². The molecule has 28 heavy (non-hydrogen) atoms. The Bertz CT molecular complexity index is 1210.